The highest BCUT2D eigenvalue weighted by Crippen LogP contribution is 2.25. The van der Waals surface area contributed by atoms with Crippen molar-refractivity contribution < 1.29 is 23.4 Å². The number of aliphatic hydroxyl groups excluding tert-OH is 1. The van der Waals surface area contributed by atoms with E-state index in [2.05, 4.69) is 0 Å². The van der Waals surface area contributed by atoms with Crippen LogP contribution in [0.15, 0.2) is 23.1 Å². The molecule has 0 radical (unpaired) electrons. The maximum Gasteiger partial charge on any atom is 0.337 e. The van der Waals surface area contributed by atoms with Crippen LogP contribution in [0.5, 0.6) is 0 Å². The molecule has 1 aliphatic rings. The van der Waals surface area contributed by atoms with Crippen LogP contribution in [0.3, 0.4) is 0 Å². The number of nitrogens with zero attached hydrogens (tertiary/aromatic N) is 1. The van der Waals surface area contributed by atoms with Crippen LogP contribution in [0, 0.1) is 0 Å². The number of hydrogen-bond donors (Lipinski definition) is 2. The average Bonchev–Trinajstić information content (AvgIpc) is 2.38. The summed E-state index contributed by atoms with van der Waals surface area (Å²) in [6, 6.07) is 3.55. The van der Waals surface area contributed by atoms with Crippen molar-refractivity contribution in [2.24, 2.45) is 0 Å². The highest BCUT2D eigenvalue weighted by molar-refractivity contribution is 7.89. The zero-order chi connectivity index (χ0) is 14.9. The van der Waals surface area contributed by atoms with E-state index in [-0.39, 0.29) is 28.6 Å². The predicted molar refractivity (Wildman–Crippen MR) is 72.4 cm³/mol. The van der Waals surface area contributed by atoms with Gasteiger partial charge in [-0.05, 0) is 31.0 Å². The molecule has 0 bridgehead atoms. The molecule has 0 aliphatic carbocycles. The number of carboxylic acids is 1. The Morgan fingerprint density at radius 1 is 1.30 bits per heavy atom. The van der Waals surface area contributed by atoms with Crippen molar-refractivity contribution in [3.63, 3.8) is 0 Å². The molecule has 0 amide bonds. The van der Waals surface area contributed by atoms with Gasteiger partial charge in [0.1, 0.15) is 0 Å². The van der Waals surface area contributed by atoms with E-state index in [1.807, 2.05) is 0 Å². The van der Waals surface area contributed by atoms with Crippen molar-refractivity contribution in [1.29, 1.82) is 0 Å². The standard InChI is InChI=1S/C12H14ClNO5S/c13-11-7-9(1-2-10(11)12(16)17)20(18,19)14-5-3-8(15)4-6-14/h1-2,7-8,15H,3-6H2,(H,16,17). The smallest absolute Gasteiger partial charge is 0.337 e. The third-order valence-electron chi connectivity index (χ3n) is 3.23. The number of sulfonamides is 1. The van der Waals surface area contributed by atoms with Crippen molar-refractivity contribution in [2.75, 3.05) is 13.1 Å². The van der Waals surface area contributed by atoms with E-state index in [1.165, 1.54) is 16.4 Å². The lowest BCUT2D eigenvalue weighted by molar-refractivity contribution is 0.0697. The van der Waals surface area contributed by atoms with Gasteiger partial charge in [0.2, 0.25) is 10.0 Å². The zero-order valence-electron chi connectivity index (χ0n) is 10.5. The van der Waals surface area contributed by atoms with Crippen LogP contribution in [0.25, 0.3) is 0 Å². The molecule has 110 valence electrons. The number of aromatic carboxylic acids is 1. The Labute approximate surface area is 121 Å². The molecular weight excluding hydrogens is 306 g/mol. The monoisotopic (exact) mass is 319 g/mol. The van der Waals surface area contributed by atoms with Gasteiger partial charge in [-0.2, -0.15) is 4.31 Å². The first-order valence-corrected chi connectivity index (χ1v) is 7.85. The molecule has 0 unspecified atom stereocenters. The number of rotatable bonds is 3. The second kappa shape index (κ2) is 5.69. The zero-order valence-corrected chi connectivity index (χ0v) is 12.1. The van der Waals surface area contributed by atoms with Crippen LogP contribution < -0.4 is 0 Å². The normalized spacial score (nSPS) is 18.1. The van der Waals surface area contributed by atoms with Gasteiger partial charge in [0.05, 0.1) is 21.6 Å². The van der Waals surface area contributed by atoms with Crippen molar-refractivity contribution >= 4 is 27.6 Å². The fraction of sp³-hybridized carbons (Fsp3) is 0.417. The number of carbonyl (C=O) groups is 1. The molecule has 2 rings (SSSR count). The molecule has 6 nitrogen and oxygen atoms in total. The van der Waals surface area contributed by atoms with Gasteiger partial charge in [-0.15, -0.1) is 0 Å². The van der Waals surface area contributed by atoms with Crippen molar-refractivity contribution in [2.45, 2.75) is 23.8 Å². The summed E-state index contributed by atoms with van der Waals surface area (Å²) in [4.78, 5) is 10.8. The Morgan fingerprint density at radius 2 is 1.90 bits per heavy atom. The van der Waals surface area contributed by atoms with Crippen molar-refractivity contribution in [3.8, 4) is 0 Å². The molecule has 1 aromatic rings. The van der Waals surface area contributed by atoms with Gasteiger partial charge in [0.15, 0.2) is 0 Å². The van der Waals surface area contributed by atoms with Gasteiger partial charge in [-0.3, -0.25) is 0 Å². The minimum atomic E-state index is -3.71. The lowest BCUT2D eigenvalue weighted by Gasteiger charge is -2.28. The van der Waals surface area contributed by atoms with Gasteiger partial charge in [0, 0.05) is 13.1 Å². The fourth-order valence-electron chi connectivity index (χ4n) is 2.06. The molecule has 2 N–H and O–H groups in total. The highest BCUT2D eigenvalue weighted by Gasteiger charge is 2.29. The molecule has 1 aliphatic heterocycles. The Bertz CT molecular complexity index is 623. The van der Waals surface area contributed by atoms with Crippen LogP contribution in [-0.4, -0.2) is 48.1 Å². The molecule has 1 fully saturated rings. The summed E-state index contributed by atoms with van der Waals surface area (Å²) in [6.07, 6.45) is 0.305. The number of aliphatic hydroxyl groups is 1. The minimum Gasteiger partial charge on any atom is -0.478 e. The number of hydrogen-bond acceptors (Lipinski definition) is 4. The van der Waals surface area contributed by atoms with Crippen LogP contribution >= 0.6 is 11.6 Å². The Balaban J connectivity index is 2.30. The van der Waals surface area contributed by atoms with Gasteiger partial charge >= 0.3 is 5.97 Å². The lowest BCUT2D eigenvalue weighted by atomic mass is 10.1. The van der Waals surface area contributed by atoms with E-state index in [0.29, 0.717) is 12.8 Å². The second-order valence-electron chi connectivity index (χ2n) is 4.58. The molecule has 0 atom stereocenters. The first-order chi connectivity index (χ1) is 9.32. The molecule has 1 saturated heterocycles. The maximum atomic E-state index is 12.4. The van der Waals surface area contributed by atoms with Crippen LogP contribution in [0.4, 0.5) is 0 Å². The molecule has 20 heavy (non-hydrogen) atoms. The molecule has 1 heterocycles. The maximum absolute atomic E-state index is 12.4. The molecular formula is C12H14ClNO5S. The molecule has 1 aromatic carbocycles. The van der Waals surface area contributed by atoms with Crippen molar-refractivity contribution in [3.05, 3.63) is 28.8 Å². The number of carboxylic acid groups (broad SMARTS) is 1. The van der Waals surface area contributed by atoms with Gasteiger partial charge < -0.3 is 10.2 Å². The van der Waals surface area contributed by atoms with Crippen molar-refractivity contribution in [1.82, 2.24) is 4.31 Å². The third-order valence-corrected chi connectivity index (χ3v) is 5.44. The number of halogens is 1. The summed E-state index contributed by atoms with van der Waals surface area (Å²) in [7, 11) is -3.71. The molecule has 0 saturated carbocycles. The molecule has 0 aromatic heterocycles. The second-order valence-corrected chi connectivity index (χ2v) is 6.93. The highest BCUT2D eigenvalue weighted by atomic mass is 35.5. The first kappa shape index (κ1) is 15.2. The third kappa shape index (κ3) is 2.95. The fourth-order valence-corrected chi connectivity index (χ4v) is 3.88. The summed E-state index contributed by atoms with van der Waals surface area (Å²) in [6.45, 7) is 0.476. The predicted octanol–water partition coefficient (Wildman–Crippen LogP) is 1.18. The Hall–Kier alpha value is -1.15. The summed E-state index contributed by atoms with van der Waals surface area (Å²) < 4.78 is 26.0. The summed E-state index contributed by atoms with van der Waals surface area (Å²) in [5, 5.41) is 18.1. The van der Waals surface area contributed by atoms with Crippen LogP contribution in [0.1, 0.15) is 23.2 Å². The summed E-state index contributed by atoms with van der Waals surface area (Å²) >= 11 is 5.79. The quantitative estimate of drug-likeness (QED) is 0.872. The largest absolute Gasteiger partial charge is 0.478 e. The van der Waals surface area contributed by atoms with Crippen LogP contribution in [-0.2, 0) is 10.0 Å². The van der Waals surface area contributed by atoms with Gasteiger partial charge in [-0.1, -0.05) is 11.6 Å². The summed E-state index contributed by atoms with van der Waals surface area (Å²) in [5.74, 6) is -1.21. The number of piperidine rings is 1. The topological polar surface area (TPSA) is 94.9 Å². The minimum absolute atomic E-state index is 0.0381. The van der Waals surface area contributed by atoms with E-state index >= 15 is 0 Å². The Morgan fingerprint density at radius 3 is 2.40 bits per heavy atom. The van der Waals surface area contributed by atoms with E-state index in [4.69, 9.17) is 16.7 Å². The van der Waals surface area contributed by atoms with Gasteiger partial charge in [-0.25, -0.2) is 13.2 Å². The average molecular weight is 320 g/mol. The van der Waals surface area contributed by atoms with E-state index in [9.17, 15) is 18.3 Å². The summed E-state index contributed by atoms with van der Waals surface area (Å²) in [5.41, 5.74) is -0.139. The van der Waals surface area contributed by atoms with E-state index < -0.39 is 22.1 Å². The van der Waals surface area contributed by atoms with Gasteiger partial charge in [0.25, 0.3) is 0 Å². The lowest BCUT2D eigenvalue weighted by Crippen LogP contribution is -2.40. The SMILES string of the molecule is O=C(O)c1ccc(S(=O)(=O)N2CCC(O)CC2)cc1Cl. The molecule has 0 spiro atoms. The Kier molecular flexibility index (Phi) is 4.33. The van der Waals surface area contributed by atoms with E-state index in [1.54, 1.807) is 0 Å². The van der Waals surface area contributed by atoms with Crippen LogP contribution in [0.2, 0.25) is 5.02 Å². The molecule has 8 heteroatoms. The first-order valence-electron chi connectivity index (χ1n) is 6.03. The van der Waals surface area contributed by atoms with E-state index in [0.717, 1.165) is 6.07 Å². The number of benzene rings is 1.